The molecule has 0 amide bonds. The number of hydrogen-bond acceptors (Lipinski definition) is 5. The molecule has 0 saturated carbocycles. The lowest BCUT2D eigenvalue weighted by Gasteiger charge is -2.02. The van der Waals surface area contributed by atoms with Gasteiger partial charge >= 0.3 is 7.82 Å². The van der Waals surface area contributed by atoms with E-state index < -0.39 is 25.7 Å². The van der Waals surface area contributed by atoms with Gasteiger partial charge in [-0.15, -0.1) is 0 Å². The highest BCUT2D eigenvalue weighted by molar-refractivity contribution is 7.74. The summed E-state index contributed by atoms with van der Waals surface area (Å²) in [6, 6.07) is 0. The molecule has 0 aliphatic carbocycles. The molecule has 0 aromatic carbocycles. The van der Waals surface area contributed by atoms with E-state index in [9.17, 15) is 17.4 Å². The minimum absolute atomic E-state index is 1.59. The van der Waals surface area contributed by atoms with Crippen molar-refractivity contribution in [3.63, 3.8) is 0 Å². The molecule has 62 valence electrons. The second kappa shape index (κ2) is 3.99. The molecular formula is CH4FO6PS. The lowest BCUT2D eigenvalue weighted by Crippen LogP contribution is -1.91. The summed E-state index contributed by atoms with van der Waals surface area (Å²) in [5.41, 5.74) is 0. The van der Waals surface area contributed by atoms with Gasteiger partial charge in [0.25, 0.3) is 11.0 Å². The molecule has 0 spiro atoms. The number of hydrogen-bond donors (Lipinski definition) is 2. The first-order valence-electron chi connectivity index (χ1n) is 1.85. The fourth-order valence-corrected chi connectivity index (χ4v) is 1.16. The van der Waals surface area contributed by atoms with Crippen molar-refractivity contribution in [3.8, 4) is 0 Å². The van der Waals surface area contributed by atoms with E-state index in [-0.39, 0.29) is 0 Å². The van der Waals surface area contributed by atoms with Crippen LogP contribution in [0.25, 0.3) is 0 Å². The molecule has 0 aliphatic heterocycles. The highest BCUT2D eigenvalue weighted by Gasteiger charge is 2.22. The standard InChI is InChI=1S/CH4FO6PS/c2-1-7-9(3,4)8-10(5)6/h10H,1H2,(H,3,4). The Kier molecular flexibility index (Phi) is 3.99. The molecule has 10 heavy (non-hydrogen) atoms. The number of halogens is 1. The minimum atomic E-state index is -4.72. The van der Waals surface area contributed by atoms with Gasteiger partial charge in [-0.2, -0.15) is 3.97 Å². The van der Waals surface area contributed by atoms with Gasteiger partial charge in [0.1, 0.15) is 0 Å². The molecule has 0 aromatic rings. The summed E-state index contributed by atoms with van der Waals surface area (Å²) in [6.07, 6.45) is 0. The van der Waals surface area contributed by atoms with E-state index in [1.165, 1.54) is 0 Å². The smallest absolute Gasteiger partial charge is 0.302 e. The van der Waals surface area contributed by atoms with Gasteiger partial charge in [0.05, 0.1) is 0 Å². The first kappa shape index (κ1) is 9.99. The van der Waals surface area contributed by atoms with Crippen LogP contribution in [-0.4, -0.2) is 20.2 Å². The first-order valence-corrected chi connectivity index (χ1v) is 4.44. The van der Waals surface area contributed by atoms with Gasteiger partial charge in [0.2, 0.25) is 0 Å². The summed E-state index contributed by atoms with van der Waals surface area (Å²) in [5, 5.41) is 0. The summed E-state index contributed by atoms with van der Waals surface area (Å²) >= 11 is 0. The maximum Gasteiger partial charge on any atom is 0.489 e. The Hall–Kier alpha value is -0.0100. The predicted molar refractivity (Wildman–Crippen MR) is 28.3 cm³/mol. The summed E-state index contributed by atoms with van der Waals surface area (Å²) in [4.78, 5) is 8.17. The van der Waals surface area contributed by atoms with Crippen molar-refractivity contribution in [2.45, 2.75) is 0 Å². The average molecular weight is 194 g/mol. The van der Waals surface area contributed by atoms with E-state index in [0.29, 0.717) is 0 Å². The third-order valence-corrected chi connectivity index (χ3v) is 2.16. The van der Waals surface area contributed by atoms with Gasteiger partial charge in [0.15, 0.2) is 6.86 Å². The Morgan fingerprint density at radius 3 is 2.40 bits per heavy atom. The lowest BCUT2D eigenvalue weighted by molar-refractivity contribution is 0.138. The maximum absolute atomic E-state index is 11.1. The van der Waals surface area contributed by atoms with Crippen molar-refractivity contribution < 1.29 is 30.8 Å². The maximum atomic E-state index is 11.1. The number of rotatable bonds is 4. The van der Waals surface area contributed by atoms with Gasteiger partial charge in [-0.25, -0.2) is 17.4 Å². The Labute approximate surface area is 57.3 Å². The zero-order valence-corrected chi connectivity index (χ0v) is 6.26. The van der Waals surface area contributed by atoms with Crippen molar-refractivity contribution in [2.75, 3.05) is 6.86 Å². The van der Waals surface area contributed by atoms with E-state index in [2.05, 4.69) is 8.49 Å². The molecule has 0 bridgehead atoms. The SMILES string of the molecule is O=[SH](=O)OP(=O)(O)OCF. The van der Waals surface area contributed by atoms with Crippen LogP contribution in [0.15, 0.2) is 0 Å². The third kappa shape index (κ3) is 4.83. The van der Waals surface area contributed by atoms with Crippen LogP contribution in [0.3, 0.4) is 0 Å². The molecule has 1 unspecified atom stereocenters. The highest BCUT2D eigenvalue weighted by Crippen LogP contribution is 2.42. The van der Waals surface area contributed by atoms with Crippen LogP contribution in [-0.2, 0) is 24.0 Å². The molecule has 0 aromatic heterocycles. The van der Waals surface area contributed by atoms with Crippen molar-refractivity contribution in [2.24, 2.45) is 0 Å². The fraction of sp³-hybridized carbons (Fsp3) is 1.00. The quantitative estimate of drug-likeness (QED) is 0.466. The second-order valence-corrected chi connectivity index (χ2v) is 3.31. The predicted octanol–water partition coefficient (Wildman–Crippen LogP) is -0.427. The Morgan fingerprint density at radius 2 is 2.10 bits per heavy atom. The van der Waals surface area contributed by atoms with Crippen LogP contribution in [0.2, 0.25) is 0 Å². The van der Waals surface area contributed by atoms with Gasteiger partial charge < -0.3 is 4.89 Å². The number of thiol groups is 1. The van der Waals surface area contributed by atoms with E-state index in [4.69, 9.17) is 4.89 Å². The molecule has 0 radical (unpaired) electrons. The summed E-state index contributed by atoms with van der Waals surface area (Å²) in [5.74, 6) is 0. The van der Waals surface area contributed by atoms with Crippen molar-refractivity contribution in [3.05, 3.63) is 0 Å². The van der Waals surface area contributed by atoms with Gasteiger partial charge in [-0.3, -0.25) is 4.52 Å². The normalized spacial score (nSPS) is 17.1. The summed E-state index contributed by atoms with van der Waals surface area (Å²) < 4.78 is 47.0. The molecule has 0 fully saturated rings. The van der Waals surface area contributed by atoms with Crippen molar-refractivity contribution >= 4 is 18.8 Å². The fourth-order valence-electron chi connectivity index (χ4n) is 0.169. The molecule has 1 atom stereocenters. The van der Waals surface area contributed by atoms with Crippen LogP contribution in [0.1, 0.15) is 0 Å². The van der Waals surface area contributed by atoms with Crippen LogP contribution >= 0.6 is 7.82 Å². The zero-order chi connectivity index (χ0) is 8.20. The molecule has 0 saturated heterocycles. The largest absolute Gasteiger partial charge is 0.489 e. The van der Waals surface area contributed by atoms with Crippen molar-refractivity contribution in [1.29, 1.82) is 0 Å². The molecule has 0 rings (SSSR count). The van der Waals surface area contributed by atoms with E-state index in [1.807, 2.05) is 0 Å². The van der Waals surface area contributed by atoms with Crippen LogP contribution in [0.4, 0.5) is 4.39 Å². The molecule has 0 heterocycles. The highest BCUT2D eigenvalue weighted by atomic mass is 32.2. The van der Waals surface area contributed by atoms with E-state index in [0.717, 1.165) is 0 Å². The molecular weight excluding hydrogens is 190 g/mol. The topological polar surface area (TPSA) is 89.9 Å². The van der Waals surface area contributed by atoms with Gasteiger partial charge in [0, 0.05) is 0 Å². The Bertz CT molecular complexity index is 202. The number of phosphoric ester groups is 1. The monoisotopic (exact) mass is 194 g/mol. The third-order valence-electron chi connectivity index (χ3n) is 0.382. The van der Waals surface area contributed by atoms with E-state index in [1.54, 1.807) is 0 Å². The Balaban J connectivity index is 4.00. The number of phosphoric acid groups is 1. The van der Waals surface area contributed by atoms with Crippen molar-refractivity contribution in [1.82, 2.24) is 0 Å². The molecule has 6 nitrogen and oxygen atoms in total. The molecule has 0 aliphatic rings. The average Bonchev–Trinajstić information content (AvgIpc) is 1.59. The van der Waals surface area contributed by atoms with Gasteiger partial charge in [-0.1, -0.05) is 0 Å². The van der Waals surface area contributed by atoms with Crippen LogP contribution in [0.5, 0.6) is 0 Å². The zero-order valence-electron chi connectivity index (χ0n) is 4.47. The van der Waals surface area contributed by atoms with Crippen LogP contribution < -0.4 is 0 Å². The van der Waals surface area contributed by atoms with Crippen LogP contribution in [0, 0.1) is 0 Å². The second-order valence-electron chi connectivity index (χ2n) is 1.01. The molecule has 9 heteroatoms. The Morgan fingerprint density at radius 1 is 1.60 bits per heavy atom. The molecule has 1 N–H and O–H groups in total. The first-order chi connectivity index (χ1) is 4.48. The number of alkyl halides is 1. The van der Waals surface area contributed by atoms with E-state index >= 15 is 0 Å². The lowest BCUT2D eigenvalue weighted by atomic mass is 11.6. The van der Waals surface area contributed by atoms with Gasteiger partial charge in [-0.05, 0) is 0 Å². The summed E-state index contributed by atoms with van der Waals surface area (Å²) in [6.45, 7) is -1.59. The summed E-state index contributed by atoms with van der Waals surface area (Å²) in [7, 11) is -8.22. The minimum Gasteiger partial charge on any atom is -0.302 e.